The van der Waals surface area contributed by atoms with Crippen LogP contribution in [0, 0.1) is 0 Å². The second-order valence-electron chi connectivity index (χ2n) is 2.28. The molecule has 56 valence electrons. The second-order valence-corrected chi connectivity index (χ2v) is 2.28. The number of ether oxygens (including phenoxy) is 1. The Hall–Kier alpha value is -1.06. The van der Waals surface area contributed by atoms with Crippen molar-refractivity contribution in [2.75, 3.05) is 0 Å². The molecule has 0 saturated heterocycles. The van der Waals surface area contributed by atoms with E-state index >= 15 is 0 Å². The van der Waals surface area contributed by atoms with Crippen LogP contribution in [0.1, 0.15) is 19.3 Å². The van der Waals surface area contributed by atoms with Gasteiger partial charge in [-0.2, -0.15) is 0 Å². The summed E-state index contributed by atoms with van der Waals surface area (Å²) in [6, 6.07) is 0. The minimum atomic E-state index is -0.861. The number of carbonyl (C=O) groups excluding carboxylic acids is 2. The van der Waals surface area contributed by atoms with Crippen LogP contribution in [0.3, 0.4) is 0 Å². The molecular formula is C6H9NO3. The van der Waals surface area contributed by atoms with Crippen molar-refractivity contribution in [2.24, 2.45) is 5.73 Å². The molecule has 0 aliphatic heterocycles. The number of nitrogens with two attached hydrogens (primary N) is 1. The van der Waals surface area contributed by atoms with Crippen LogP contribution in [-0.2, 0) is 9.53 Å². The van der Waals surface area contributed by atoms with Gasteiger partial charge in [0.2, 0.25) is 0 Å². The van der Waals surface area contributed by atoms with Crippen LogP contribution in [0.5, 0.6) is 0 Å². The molecule has 4 nitrogen and oxygen atoms in total. The highest BCUT2D eigenvalue weighted by atomic mass is 16.6. The van der Waals surface area contributed by atoms with E-state index in [1.807, 2.05) is 0 Å². The fourth-order valence-corrected chi connectivity index (χ4v) is 1.05. The normalized spacial score (nSPS) is 24.8. The number of hydrogen-bond acceptors (Lipinski definition) is 3. The number of carbonyl (C=O) groups is 2. The van der Waals surface area contributed by atoms with E-state index in [4.69, 9.17) is 5.73 Å². The topological polar surface area (TPSA) is 69.4 Å². The van der Waals surface area contributed by atoms with E-state index in [1.165, 1.54) is 0 Å². The Labute approximate surface area is 58.3 Å². The molecule has 0 heterocycles. The molecular weight excluding hydrogens is 134 g/mol. The van der Waals surface area contributed by atoms with Gasteiger partial charge in [0, 0.05) is 6.42 Å². The zero-order valence-electron chi connectivity index (χ0n) is 5.50. The first-order valence-electron chi connectivity index (χ1n) is 3.19. The molecule has 0 bridgehead atoms. The third-order valence-electron chi connectivity index (χ3n) is 1.51. The van der Waals surface area contributed by atoms with E-state index < -0.39 is 12.2 Å². The summed E-state index contributed by atoms with van der Waals surface area (Å²) in [6.07, 6.45) is 0.522. The molecule has 4 heteroatoms. The number of rotatable bonds is 1. The van der Waals surface area contributed by atoms with Crippen molar-refractivity contribution < 1.29 is 14.3 Å². The fourth-order valence-electron chi connectivity index (χ4n) is 1.05. The lowest BCUT2D eigenvalue weighted by atomic mass is 10.3. The van der Waals surface area contributed by atoms with Crippen molar-refractivity contribution in [1.29, 1.82) is 0 Å². The lowest BCUT2D eigenvalue weighted by Crippen LogP contribution is -2.25. The van der Waals surface area contributed by atoms with Gasteiger partial charge >= 0.3 is 6.09 Å². The third kappa shape index (κ3) is 1.46. The summed E-state index contributed by atoms with van der Waals surface area (Å²) in [5.41, 5.74) is 4.72. The maximum Gasteiger partial charge on any atom is 0.405 e. The molecule has 0 radical (unpaired) electrons. The molecule has 1 aliphatic rings. The zero-order valence-corrected chi connectivity index (χ0v) is 5.50. The Balaban J connectivity index is 2.40. The SMILES string of the molecule is NC(=O)O[C@H]1CCCC1=O. The maximum absolute atomic E-state index is 10.8. The van der Waals surface area contributed by atoms with Crippen LogP contribution in [0.4, 0.5) is 4.79 Å². The predicted molar refractivity (Wildman–Crippen MR) is 33.3 cm³/mol. The van der Waals surface area contributed by atoms with Gasteiger partial charge in [0.05, 0.1) is 0 Å². The molecule has 0 aromatic rings. The van der Waals surface area contributed by atoms with Crippen LogP contribution in [-0.4, -0.2) is 18.0 Å². The molecule has 0 spiro atoms. The first kappa shape index (κ1) is 7.05. The summed E-state index contributed by atoms with van der Waals surface area (Å²) in [7, 11) is 0. The van der Waals surface area contributed by atoms with Gasteiger partial charge < -0.3 is 10.5 Å². The van der Waals surface area contributed by atoms with E-state index in [-0.39, 0.29) is 5.78 Å². The van der Waals surface area contributed by atoms with E-state index in [1.54, 1.807) is 0 Å². The molecule has 1 fully saturated rings. The predicted octanol–water partition coefficient (Wildman–Crippen LogP) is 0.203. The Morgan fingerprint density at radius 2 is 2.40 bits per heavy atom. The number of amides is 1. The summed E-state index contributed by atoms with van der Waals surface area (Å²) in [6.45, 7) is 0. The van der Waals surface area contributed by atoms with Gasteiger partial charge in [-0.05, 0) is 12.8 Å². The third-order valence-corrected chi connectivity index (χ3v) is 1.51. The van der Waals surface area contributed by atoms with Crippen molar-refractivity contribution in [1.82, 2.24) is 0 Å². The Morgan fingerprint density at radius 3 is 2.80 bits per heavy atom. The molecule has 1 saturated carbocycles. The van der Waals surface area contributed by atoms with Crippen molar-refractivity contribution in [2.45, 2.75) is 25.4 Å². The fraction of sp³-hybridized carbons (Fsp3) is 0.667. The number of hydrogen-bond donors (Lipinski definition) is 1. The van der Waals surface area contributed by atoms with Crippen LogP contribution in [0.2, 0.25) is 0 Å². The molecule has 1 atom stereocenters. The van der Waals surface area contributed by atoms with Gasteiger partial charge in [-0.25, -0.2) is 4.79 Å². The first-order chi connectivity index (χ1) is 4.70. The largest absolute Gasteiger partial charge is 0.438 e. The summed E-state index contributed by atoms with van der Waals surface area (Å²) in [5.74, 6) is -0.0150. The molecule has 10 heavy (non-hydrogen) atoms. The summed E-state index contributed by atoms with van der Waals surface area (Å²) in [5, 5.41) is 0. The van der Waals surface area contributed by atoms with Crippen molar-refractivity contribution in [3.8, 4) is 0 Å². The average molecular weight is 143 g/mol. The molecule has 0 aromatic carbocycles. The maximum atomic E-state index is 10.8. The minimum absolute atomic E-state index is 0.0150. The van der Waals surface area contributed by atoms with Gasteiger partial charge in [-0.15, -0.1) is 0 Å². The number of Topliss-reactive ketones (excluding diaryl/α,β-unsaturated/α-hetero) is 1. The molecule has 0 aromatic heterocycles. The van der Waals surface area contributed by atoms with Crippen molar-refractivity contribution in [3.63, 3.8) is 0 Å². The van der Waals surface area contributed by atoms with E-state index in [0.717, 1.165) is 6.42 Å². The molecule has 1 amide bonds. The monoisotopic (exact) mass is 143 g/mol. The first-order valence-corrected chi connectivity index (χ1v) is 3.19. The van der Waals surface area contributed by atoms with Gasteiger partial charge in [0.25, 0.3) is 0 Å². The molecule has 1 rings (SSSR count). The van der Waals surface area contributed by atoms with Crippen LogP contribution in [0.15, 0.2) is 0 Å². The standard InChI is InChI=1S/C6H9NO3/c7-6(9)10-5-3-1-2-4(5)8/h5H,1-3H2,(H2,7,9)/t5-/m0/s1. The quantitative estimate of drug-likeness (QED) is 0.570. The Morgan fingerprint density at radius 1 is 1.70 bits per heavy atom. The molecule has 1 aliphatic carbocycles. The van der Waals surface area contributed by atoms with Crippen molar-refractivity contribution >= 4 is 11.9 Å². The van der Waals surface area contributed by atoms with Crippen LogP contribution in [0.25, 0.3) is 0 Å². The van der Waals surface area contributed by atoms with Gasteiger partial charge in [-0.1, -0.05) is 0 Å². The summed E-state index contributed by atoms with van der Waals surface area (Å²) >= 11 is 0. The lowest BCUT2D eigenvalue weighted by molar-refractivity contribution is -0.124. The van der Waals surface area contributed by atoms with Gasteiger partial charge in [0.1, 0.15) is 0 Å². The molecule has 2 N–H and O–H groups in total. The second kappa shape index (κ2) is 2.68. The summed E-state index contributed by atoms with van der Waals surface area (Å²) in [4.78, 5) is 20.9. The van der Waals surface area contributed by atoms with E-state index in [2.05, 4.69) is 4.74 Å². The van der Waals surface area contributed by atoms with Crippen molar-refractivity contribution in [3.05, 3.63) is 0 Å². The van der Waals surface area contributed by atoms with Crippen LogP contribution < -0.4 is 5.73 Å². The highest BCUT2D eigenvalue weighted by Crippen LogP contribution is 2.16. The number of primary amides is 1. The summed E-state index contributed by atoms with van der Waals surface area (Å²) < 4.78 is 4.51. The van der Waals surface area contributed by atoms with Gasteiger partial charge in [0.15, 0.2) is 11.9 Å². The Kier molecular flexibility index (Phi) is 1.89. The average Bonchev–Trinajstić information content (AvgIpc) is 2.15. The number of ketones is 1. The zero-order chi connectivity index (χ0) is 7.56. The Bertz CT molecular complexity index is 166. The highest BCUT2D eigenvalue weighted by Gasteiger charge is 2.26. The van der Waals surface area contributed by atoms with Gasteiger partial charge in [-0.3, -0.25) is 4.79 Å². The van der Waals surface area contributed by atoms with E-state index in [9.17, 15) is 9.59 Å². The highest BCUT2D eigenvalue weighted by molar-refractivity contribution is 5.86. The van der Waals surface area contributed by atoms with E-state index in [0.29, 0.717) is 12.8 Å². The minimum Gasteiger partial charge on any atom is -0.438 e. The molecule has 0 unspecified atom stereocenters. The smallest absolute Gasteiger partial charge is 0.405 e. The van der Waals surface area contributed by atoms with Crippen LogP contribution >= 0.6 is 0 Å². The lowest BCUT2D eigenvalue weighted by Gasteiger charge is -2.05.